The second-order valence-electron chi connectivity index (χ2n) is 15.7. The number of rotatable bonds is 14. The van der Waals surface area contributed by atoms with Crippen molar-refractivity contribution in [3.8, 4) is 5.75 Å². The molecular formula is C43H50O7Si. The van der Waals surface area contributed by atoms with Gasteiger partial charge in [0.2, 0.25) is 0 Å². The molecule has 268 valence electrons. The first kappa shape index (κ1) is 35.6. The van der Waals surface area contributed by atoms with Crippen molar-refractivity contribution < 1.29 is 32.9 Å². The molecule has 0 bridgehead atoms. The second kappa shape index (κ2) is 14.7. The molecular weight excluding hydrogens is 657 g/mol. The van der Waals surface area contributed by atoms with Gasteiger partial charge < -0.3 is 28.1 Å². The number of hydrogen-bond acceptors (Lipinski definition) is 7. The molecule has 2 aliphatic carbocycles. The Bertz CT molecular complexity index is 1740. The Morgan fingerprint density at radius 2 is 1.29 bits per heavy atom. The van der Waals surface area contributed by atoms with Crippen LogP contribution in [0.2, 0.25) is 18.1 Å². The standard InChI is InChI=1S/C43H50O7Si/c1-42(2,3)51(4,5)48-29-43-37-35(25-36(46-27-31-17-11-7-12-18-31)39(37)47-28-32-19-13-8-14-20-32)38(40(43)50-43)49-41(44)33-21-23-34(24-22-33)45-26-30-15-9-6-10-16-30/h6-24,35-40H,25-29H2,1-5H3/t35-,36-,37-,38-,39-,40-,43+/m1/s1. The molecule has 0 spiro atoms. The number of ether oxygens (including phenoxy) is 5. The number of carbonyl (C=O) groups excluding carboxylic acids is 1. The summed E-state index contributed by atoms with van der Waals surface area (Å²) in [5.41, 5.74) is 3.13. The Labute approximate surface area is 303 Å². The third-order valence-electron chi connectivity index (χ3n) is 11.4. The van der Waals surface area contributed by atoms with Crippen LogP contribution in [0.4, 0.5) is 0 Å². The summed E-state index contributed by atoms with van der Waals surface area (Å²) in [7, 11) is -2.12. The molecule has 7 rings (SSSR count). The highest BCUT2D eigenvalue weighted by molar-refractivity contribution is 6.74. The van der Waals surface area contributed by atoms with Gasteiger partial charge in [-0.05, 0) is 65.5 Å². The van der Waals surface area contributed by atoms with Crippen LogP contribution in [-0.4, -0.2) is 50.9 Å². The molecule has 4 aromatic carbocycles. The second-order valence-corrected chi connectivity index (χ2v) is 20.5. The van der Waals surface area contributed by atoms with Gasteiger partial charge in [-0.25, -0.2) is 4.79 Å². The van der Waals surface area contributed by atoms with E-state index >= 15 is 0 Å². The molecule has 1 aliphatic heterocycles. The van der Waals surface area contributed by atoms with Gasteiger partial charge in [0.05, 0.1) is 37.6 Å². The van der Waals surface area contributed by atoms with Crippen molar-refractivity contribution in [1.29, 1.82) is 0 Å². The van der Waals surface area contributed by atoms with Gasteiger partial charge in [0.25, 0.3) is 0 Å². The Morgan fingerprint density at radius 1 is 0.745 bits per heavy atom. The van der Waals surface area contributed by atoms with Crippen LogP contribution in [0.1, 0.15) is 54.2 Å². The van der Waals surface area contributed by atoms with Gasteiger partial charge in [-0.15, -0.1) is 0 Å². The van der Waals surface area contributed by atoms with Crippen LogP contribution in [0.3, 0.4) is 0 Å². The van der Waals surface area contributed by atoms with Crippen LogP contribution in [0.25, 0.3) is 0 Å². The smallest absolute Gasteiger partial charge is 0.338 e. The van der Waals surface area contributed by atoms with Crippen LogP contribution < -0.4 is 4.74 Å². The summed E-state index contributed by atoms with van der Waals surface area (Å²) in [5.74, 6) is 0.241. The topological polar surface area (TPSA) is 75.8 Å². The minimum absolute atomic E-state index is 0.00857. The number of hydrogen-bond donors (Lipinski definition) is 0. The van der Waals surface area contributed by atoms with Crippen LogP contribution >= 0.6 is 0 Å². The normalized spacial score (nSPS) is 26.7. The first-order valence-corrected chi connectivity index (χ1v) is 21.1. The molecule has 3 fully saturated rings. The summed E-state index contributed by atoms with van der Waals surface area (Å²) in [4.78, 5) is 13.8. The van der Waals surface area contributed by atoms with E-state index in [2.05, 4.69) is 58.1 Å². The number of esters is 1. The van der Waals surface area contributed by atoms with Gasteiger partial charge in [-0.1, -0.05) is 112 Å². The minimum atomic E-state index is -2.12. The first-order chi connectivity index (χ1) is 24.5. The molecule has 7 atom stereocenters. The fraction of sp³-hybridized carbons (Fsp3) is 0.419. The molecule has 1 saturated heterocycles. The lowest BCUT2D eigenvalue weighted by Crippen LogP contribution is -2.47. The highest BCUT2D eigenvalue weighted by atomic mass is 28.4. The van der Waals surface area contributed by atoms with Crippen molar-refractivity contribution in [3.05, 3.63) is 138 Å². The molecule has 1 heterocycles. The Hall–Kier alpha value is -3.79. The van der Waals surface area contributed by atoms with Crippen molar-refractivity contribution >= 4 is 14.3 Å². The molecule has 0 amide bonds. The zero-order valence-corrected chi connectivity index (χ0v) is 31.3. The van der Waals surface area contributed by atoms with Gasteiger partial charge in [0.15, 0.2) is 8.32 Å². The lowest BCUT2D eigenvalue weighted by atomic mass is 9.89. The average Bonchev–Trinajstić information content (AvgIpc) is 3.66. The van der Waals surface area contributed by atoms with Gasteiger partial charge in [-0.2, -0.15) is 0 Å². The van der Waals surface area contributed by atoms with E-state index in [4.69, 9.17) is 28.1 Å². The Kier molecular flexibility index (Phi) is 10.2. The van der Waals surface area contributed by atoms with Crippen molar-refractivity contribution in [3.63, 3.8) is 0 Å². The number of fused-ring (bicyclic) bond motifs is 3. The molecule has 7 nitrogen and oxygen atoms in total. The highest BCUT2D eigenvalue weighted by Crippen LogP contribution is 2.64. The van der Waals surface area contributed by atoms with Crippen molar-refractivity contribution in [2.24, 2.45) is 11.8 Å². The third kappa shape index (κ3) is 7.71. The quantitative estimate of drug-likeness (QED) is 0.0738. The molecule has 8 heteroatoms. The van der Waals surface area contributed by atoms with Gasteiger partial charge >= 0.3 is 5.97 Å². The van der Waals surface area contributed by atoms with E-state index < -0.39 is 20.0 Å². The predicted molar refractivity (Wildman–Crippen MR) is 199 cm³/mol. The summed E-state index contributed by atoms with van der Waals surface area (Å²) in [6.07, 6.45) is -0.499. The van der Waals surface area contributed by atoms with Gasteiger partial charge in [0.1, 0.15) is 30.2 Å². The van der Waals surface area contributed by atoms with E-state index in [0.717, 1.165) is 16.7 Å². The SMILES string of the molecule is CC(C)(C)[Si](C)(C)OC[C@@]12O[C@@H]1[C@H](OC(=O)c1ccc(OCc3ccccc3)cc1)[C@@H]1C[C@@H](OCc3ccccc3)[C@@H](OCc3ccccc3)[C@@H]12. The van der Waals surface area contributed by atoms with E-state index in [0.29, 0.717) is 44.2 Å². The zero-order chi connectivity index (χ0) is 35.6. The van der Waals surface area contributed by atoms with E-state index in [1.807, 2.05) is 78.9 Å². The third-order valence-corrected chi connectivity index (χ3v) is 15.9. The van der Waals surface area contributed by atoms with E-state index in [1.165, 1.54) is 0 Å². The van der Waals surface area contributed by atoms with Crippen molar-refractivity contribution in [2.75, 3.05) is 6.61 Å². The molecule has 51 heavy (non-hydrogen) atoms. The monoisotopic (exact) mass is 706 g/mol. The molecule has 0 unspecified atom stereocenters. The summed E-state index contributed by atoms with van der Waals surface area (Å²) in [6, 6.07) is 37.6. The van der Waals surface area contributed by atoms with Crippen LogP contribution in [0.15, 0.2) is 115 Å². The van der Waals surface area contributed by atoms with Gasteiger partial charge in [0, 0.05) is 11.8 Å². The summed E-state index contributed by atoms with van der Waals surface area (Å²) < 4.78 is 39.4. The molecule has 3 aliphatic rings. The summed E-state index contributed by atoms with van der Waals surface area (Å²) >= 11 is 0. The van der Waals surface area contributed by atoms with E-state index in [1.54, 1.807) is 12.1 Å². The average molecular weight is 707 g/mol. The maximum absolute atomic E-state index is 13.8. The largest absolute Gasteiger partial charge is 0.489 e. The van der Waals surface area contributed by atoms with Crippen molar-refractivity contribution in [1.82, 2.24) is 0 Å². The first-order valence-electron chi connectivity index (χ1n) is 18.1. The summed E-state index contributed by atoms with van der Waals surface area (Å²) in [6.45, 7) is 13.1. The van der Waals surface area contributed by atoms with Crippen molar-refractivity contribution in [2.45, 2.75) is 95.2 Å². The Morgan fingerprint density at radius 3 is 1.86 bits per heavy atom. The molecule has 0 radical (unpaired) electrons. The fourth-order valence-electron chi connectivity index (χ4n) is 7.45. The highest BCUT2D eigenvalue weighted by Gasteiger charge is 2.79. The van der Waals surface area contributed by atoms with Crippen LogP contribution in [0.5, 0.6) is 5.75 Å². The lowest BCUT2D eigenvalue weighted by molar-refractivity contribution is -0.100. The molecule has 2 saturated carbocycles. The predicted octanol–water partition coefficient (Wildman–Crippen LogP) is 8.77. The maximum atomic E-state index is 13.8. The number of epoxide rings is 1. The minimum Gasteiger partial charge on any atom is -0.489 e. The molecule has 0 aromatic heterocycles. The number of benzene rings is 4. The van der Waals surface area contributed by atoms with E-state index in [-0.39, 0.29) is 41.2 Å². The molecule has 4 aromatic rings. The lowest BCUT2D eigenvalue weighted by Gasteiger charge is -2.38. The summed E-state index contributed by atoms with van der Waals surface area (Å²) in [5, 5.41) is 0.0368. The fourth-order valence-corrected chi connectivity index (χ4v) is 8.47. The zero-order valence-electron chi connectivity index (χ0n) is 30.3. The maximum Gasteiger partial charge on any atom is 0.338 e. The Balaban J connectivity index is 1.12. The van der Waals surface area contributed by atoms with Crippen LogP contribution in [0, 0.1) is 11.8 Å². The van der Waals surface area contributed by atoms with Crippen LogP contribution in [-0.2, 0) is 43.2 Å². The molecule has 0 N–H and O–H groups in total. The number of carbonyl (C=O) groups is 1. The van der Waals surface area contributed by atoms with E-state index in [9.17, 15) is 4.79 Å². The van der Waals surface area contributed by atoms with Gasteiger partial charge in [-0.3, -0.25) is 0 Å².